The molecule has 8 heteroatoms. The SMILES string of the molecule is COc1ccc(Cn2cnc3c4cc(C)ccc4n(CC(=O)NCc4cccc(OC)c4)c3c2=O)cc1. The number of nitrogens with one attached hydrogen (secondary N) is 1. The van der Waals surface area contributed by atoms with Crippen molar-refractivity contribution in [3.05, 3.63) is 100 Å². The van der Waals surface area contributed by atoms with E-state index in [1.165, 1.54) is 0 Å². The van der Waals surface area contributed by atoms with Gasteiger partial charge in [0.05, 0.1) is 32.6 Å². The summed E-state index contributed by atoms with van der Waals surface area (Å²) < 4.78 is 13.8. The van der Waals surface area contributed by atoms with Crippen LogP contribution in [0, 0.1) is 6.92 Å². The number of nitrogens with zero attached hydrogens (tertiary/aromatic N) is 3. The lowest BCUT2D eigenvalue weighted by Gasteiger charge is -2.11. The van der Waals surface area contributed by atoms with Crippen LogP contribution in [0.15, 0.2) is 77.9 Å². The van der Waals surface area contributed by atoms with Gasteiger partial charge in [-0.1, -0.05) is 35.9 Å². The second-order valence-corrected chi connectivity index (χ2v) is 8.96. The summed E-state index contributed by atoms with van der Waals surface area (Å²) in [6, 6.07) is 21.0. The van der Waals surface area contributed by atoms with Gasteiger partial charge in [0.25, 0.3) is 5.56 Å². The van der Waals surface area contributed by atoms with Gasteiger partial charge >= 0.3 is 0 Å². The molecule has 3 aromatic carbocycles. The van der Waals surface area contributed by atoms with Crippen LogP contribution in [0.2, 0.25) is 0 Å². The van der Waals surface area contributed by atoms with Gasteiger partial charge in [-0.05, 0) is 54.4 Å². The summed E-state index contributed by atoms with van der Waals surface area (Å²) >= 11 is 0. The Balaban J connectivity index is 1.49. The van der Waals surface area contributed by atoms with Crippen LogP contribution < -0.4 is 20.3 Å². The zero-order valence-electron chi connectivity index (χ0n) is 21.0. The van der Waals surface area contributed by atoms with E-state index in [4.69, 9.17) is 9.47 Å². The number of aromatic nitrogens is 3. The number of ether oxygens (including phenoxy) is 2. The maximum atomic E-state index is 13.7. The molecule has 37 heavy (non-hydrogen) atoms. The molecule has 0 aliphatic carbocycles. The van der Waals surface area contributed by atoms with E-state index >= 15 is 0 Å². The smallest absolute Gasteiger partial charge is 0.278 e. The summed E-state index contributed by atoms with van der Waals surface area (Å²) in [6.07, 6.45) is 1.57. The first kappa shape index (κ1) is 24.1. The Morgan fingerprint density at radius 3 is 2.49 bits per heavy atom. The molecule has 188 valence electrons. The Labute approximate surface area is 214 Å². The summed E-state index contributed by atoms with van der Waals surface area (Å²) in [7, 11) is 3.22. The van der Waals surface area contributed by atoms with Crippen LogP contribution in [-0.2, 0) is 24.4 Å². The molecule has 0 bridgehead atoms. The lowest BCUT2D eigenvalue weighted by molar-refractivity contribution is -0.121. The predicted octanol–water partition coefficient (Wildman–Crippen LogP) is 4.04. The predicted molar refractivity (Wildman–Crippen MR) is 143 cm³/mol. The average molecular weight is 497 g/mol. The summed E-state index contributed by atoms with van der Waals surface area (Å²) in [5.74, 6) is 1.28. The molecule has 0 unspecified atom stereocenters. The quantitative estimate of drug-likeness (QED) is 0.350. The molecule has 0 atom stereocenters. The van der Waals surface area contributed by atoms with Gasteiger partial charge in [0, 0.05) is 11.9 Å². The van der Waals surface area contributed by atoms with Gasteiger partial charge in [-0.25, -0.2) is 4.98 Å². The molecule has 8 nitrogen and oxygen atoms in total. The van der Waals surface area contributed by atoms with E-state index in [1.54, 1.807) is 29.7 Å². The molecule has 1 amide bonds. The van der Waals surface area contributed by atoms with Gasteiger partial charge < -0.3 is 19.4 Å². The number of amides is 1. The molecule has 2 heterocycles. The van der Waals surface area contributed by atoms with Crippen molar-refractivity contribution in [2.45, 2.75) is 26.6 Å². The maximum Gasteiger partial charge on any atom is 0.278 e. The normalized spacial score (nSPS) is 11.1. The van der Waals surface area contributed by atoms with E-state index in [9.17, 15) is 9.59 Å². The van der Waals surface area contributed by atoms with Crippen LogP contribution in [0.3, 0.4) is 0 Å². The van der Waals surface area contributed by atoms with Crippen molar-refractivity contribution in [3.63, 3.8) is 0 Å². The van der Waals surface area contributed by atoms with E-state index in [2.05, 4.69) is 10.3 Å². The van der Waals surface area contributed by atoms with Gasteiger partial charge in [-0.3, -0.25) is 14.2 Å². The van der Waals surface area contributed by atoms with Crippen molar-refractivity contribution in [1.82, 2.24) is 19.4 Å². The number of benzene rings is 3. The number of aryl methyl sites for hydroxylation is 1. The van der Waals surface area contributed by atoms with Gasteiger partial charge in [-0.2, -0.15) is 0 Å². The fourth-order valence-corrected chi connectivity index (χ4v) is 4.50. The second kappa shape index (κ2) is 10.2. The third kappa shape index (κ3) is 4.91. The first-order valence-electron chi connectivity index (χ1n) is 12.0. The highest BCUT2D eigenvalue weighted by atomic mass is 16.5. The molecule has 5 aromatic rings. The molecule has 0 fully saturated rings. The van der Waals surface area contributed by atoms with Gasteiger partial charge in [0.2, 0.25) is 5.91 Å². The highest BCUT2D eigenvalue weighted by molar-refractivity contribution is 6.06. The highest BCUT2D eigenvalue weighted by Gasteiger charge is 2.19. The number of fused-ring (bicyclic) bond motifs is 3. The second-order valence-electron chi connectivity index (χ2n) is 8.96. The number of hydrogen-bond acceptors (Lipinski definition) is 5. The minimum absolute atomic E-state index is 0.00347. The minimum Gasteiger partial charge on any atom is -0.497 e. The summed E-state index contributed by atoms with van der Waals surface area (Å²) in [5.41, 5.74) is 4.52. The zero-order valence-corrected chi connectivity index (χ0v) is 21.0. The molecule has 2 aromatic heterocycles. The Morgan fingerprint density at radius 2 is 1.73 bits per heavy atom. The maximum absolute atomic E-state index is 13.7. The molecular formula is C29H28N4O4. The molecule has 0 aliphatic rings. The van der Waals surface area contributed by atoms with E-state index in [0.29, 0.717) is 24.1 Å². The van der Waals surface area contributed by atoms with Crippen LogP contribution in [0.1, 0.15) is 16.7 Å². The fraction of sp³-hybridized carbons (Fsp3) is 0.207. The van der Waals surface area contributed by atoms with Crippen LogP contribution >= 0.6 is 0 Å². The number of carbonyl (C=O) groups is 1. The van der Waals surface area contributed by atoms with Gasteiger partial charge in [0.15, 0.2) is 0 Å². The molecule has 0 aliphatic heterocycles. The molecule has 5 rings (SSSR count). The van der Waals surface area contributed by atoms with Crippen molar-refractivity contribution < 1.29 is 14.3 Å². The zero-order chi connectivity index (χ0) is 25.9. The standard InChI is InChI=1S/C29H28N4O4/c1-19-7-12-25-24(13-19)27-28(29(35)32(18-31-27)16-20-8-10-22(36-2)11-9-20)33(25)17-26(34)30-15-21-5-4-6-23(14-21)37-3/h4-14,18H,15-17H2,1-3H3,(H,30,34). The van der Waals surface area contributed by atoms with Crippen LogP contribution in [0.4, 0.5) is 0 Å². The van der Waals surface area contributed by atoms with Crippen molar-refractivity contribution >= 4 is 27.8 Å². The first-order chi connectivity index (χ1) is 18.0. The van der Waals surface area contributed by atoms with Crippen molar-refractivity contribution in [3.8, 4) is 11.5 Å². The largest absolute Gasteiger partial charge is 0.497 e. The van der Waals surface area contributed by atoms with Crippen LogP contribution in [0.25, 0.3) is 21.9 Å². The first-order valence-corrected chi connectivity index (χ1v) is 12.0. The fourth-order valence-electron chi connectivity index (χ4n) is 4.50. The van der Waals surface area contributed by atoms with E-state index < -0.39 is 0 Å². The van der Waals surface area contributed by atoms with E-state index in [-0.39, 0.29) is 18.0 Å². The molecule has 0 radical (unpaired) electrons. The molecule has 0 saturated carbocycles. The topological polar surface area (TPSA) is 87.4 Å². The lowest BCUT2D eigenvalue weighted by atomic mass is 10.1. The number of rotatable bonds is 8. The van der Waals surface area contributed by atoms with Crippen molar-refractivity contribution in [2.75, 3.05) is 14.2 Å². The number of carbonyl (C=O) groups excluding carboxylic acids is 1. The molecule has 0 spiro atoms. The average Bonchev–Trinajstić information content (AvgIpc) is 3.22. The number of hydrogen-bond donors (Lipinski definition) is 1. The van der Waals surface area contributed by atoms with Crippen LogP contribution in [-0.4, -0.2) is 34.2 Å². The molecular weight excluding hydrogens is 468 g/mol. The Kier molecular flexibility index (Phi) is 6.64. The molecule has 0 saturated heterocycles. The Hall–Kier alpha value is -4.59. The van der Waals surface area contributed by atoms with Crippen molar-refractivity contribution in [1.29, 1.82) is 0 Å². The highest BCUT2D eigenvalue weighted by Crippen LogP contribution is 2.26. The Morgan fingerprint density at radius 1 is 0.946 bits per heavy atom. The summed E-state index contributed by atoms with van der Waals surface area (Å²) in [5, 5.41) is 3.81. The van der Waals surface area contributed by atoms with Crippen LogP contribution in [0.5, 0.6) is 11.5 Å². The summed E-state index contributed by atoms with van der Waals surface area (Å²) in [4.78, 5) is 31.4. The summed E-state index contributed by atoms with van der Waals surface area (Å²) in [6.45, 7) is 2.70. The van der Waals surface area contributed by atoms with E-state index in [0.717, 1.165) is 39.1 Å². The van der Waals surface area contributed by atoms with E-state index in [1.807, 2.05) is 73.7 Å². The lowest BCUT2D eigenvalue weighted by Crippen LogP contribution is -2.29. The minimum atomic E-state index is -0.202. The Bertz CT molecular complexity index is 1650. The molecule has 1 N–H and O–H groups in total. The number of methoxy groups -OCH3 is 2. The van der Waals surface area contributed by atoms with Gasteiger partial charge in [-0.15, -0.1) is 0 Å². The monoisotopic (exact) mass is 496 g/mol. The third-order valence-corrected chi connectivity index (χ3v) is 6.42. The van der Waals surface area contributed by atoms with Gasteiger partial charge in [0.1, 0.15) is 29.1 Å². The third-order valence-electron chi connectivity index (χ3n) is 6.42. The van der Waals surface area contributed by atoms with Crippen molar-refractivity contribution in [2.24, 2.45) is 0 Å².